The Bertz CT molecular complexity index is 1410. The van der Waals surface area contributed by atoms with E-state index in [4.69, 9.17) is 0 Å². The number of fused-ring (bicyclic) bond motifs is 1. The average molecular weight is 520 g/mol. The summed E-state index contributed by atoms with van der Waals surface area (Å²) >= 11 is 0. The number of hydrogen-bond acceptors (Lipinski definition) is 5. The smallest absolute Gasteiger partial charge is 0.269 e. The minimum Gasteiger partial charge on any atom is -0.357 e. The zero-order valence-corrected chi connectivity index (χ0v) is 21.6. The Morgan fingerprint density at radius 1 is 0.919 bits per heavy atom. The van der Waals surface area contributed by atoms with Gasteiger partial charge in [0.2, 0.25) is 11.8 Å². The van der Waals surface area contributed by atoms with Crippen molar-refractivity contribution in [1.29, 1.82) is 0 Å². The monoisotopic (exact) mass is 519 g/mol. The number of carbonyl (C=O) groups excluding carboxylic acids is 3. The van der Waals surface area contributed by atoms with Crippen molar-refractivity contribution in [3.63, 3.8) is 0 Å². The third kappa shape index (κ3) is 5.56. The molecule has 0 unspecified atom stereocenters. The Labute approximate surface area is 217 Å². The second-order valence-corrected chi connectivity index (χ2v) is 10.8. The van der Waals surface area contributed by atoms with Gasteiger partial charge in [-0.2, -0.15) is 0 Å². The number of likely N-dealkylation sites (N-methyl/N-ethyl adjacent to an activating group) is 1. The van der Waals surface area contributed by atoms with Crippen LogP contribution in [0.1, 0.15) is 33.5 Å². The van der Waals surface area contributed by atoms with Crippen molar-refractivity contribution in [3.05, 3.63) is 101 Å². The summed E-state index contributed by atoms with van der Waals surface area (Å²) in [6, 6.07) is 22.2. The minimum atomic E-state index is -4.04. The number of amides is 3. The van der Waals surface area contributed by atoms with Crippen molar-refractivity contribution < 1.29 is 22.8 Å². The standard InChI is InChI=1S/C28H29N3O5S/c1-20-12-14-22(15-13-20)19-30(24(27(33)29-2)18-21-8-4-3-5-9-21)26(32)16-17-31-28(34)23-10-6-7-11-25(23)37(31,35)36/h3-15,24H,16-19H2,1-2H3,(H,29,33)/t24-/m1/s1. The van der Waals surface area contributed by atoms with E-state index < -0.39 is 27.9 Å². The van der Waals surface area contributed by atoms with Crippen molar-refractivity contribution in [3.8, 4) is 0 Å². The maximum absolute atomic E-state index is 13.6. The number of carbonyl (C=O) groups is 3. The van der Waals surface area contributed by atoms with Gasteiger partial charge in [-0.1, -0.05) is 72.3 Å². The Morgan fingerprint density at radius 3 is 2.22 bits per heavy atom. The van der Waals surface area contributed by atoms with Gasteiger partial charge >= 0.3 is 0 Å². The van der Waals surface area contributed by atoms with Gasteiger partial charge in [0, 0.05) is 33.0 Å². The molecule has 1 aliphatic rings. The molecule has 0 spiro atoms. The molecule has 1 atom stereocenters. The lowest BCUT2D eigenvalue weighted by molar-refractivity contribution is -0.141. The van der Waals surface area contributed by atoms with E-state index in [0.29, 0.717) is 0 Å². The van der Waals surface area contributed by atoms with Gasteiger partial charge in [-0.05, 0) is 30.2 Å². The molecule has 1 aliphatic heterocycles. The van der Waals surface area contributed by atoms with Gasteiger partial charge in [0.1, 0.15) is 10.9 Å². The van der Waals surface area contributed by atoms with E-state index in [1.807, 2.05) is 61.5 Å². The van der Waals surface area contributed by atoms with Crippen LogP contribution in [0, 0.1) is 6.92 Å². The van der Waals surface area contributed by atoms with Gasteiger partial charge in [-0.25, -0.2) is 12.7 Å². The summed E-state index contributed by atoms with van der Waals surface area (Å²) in [6.45, 7) is 1.80. The maximum Gasteiger partial charge on any atom is 0.269 e. The highest BCUT2D eigenvalue weighted by atomic mass is 32.2. The molecule has 9 heteroatoms. The first kappa shape index (κ1) is 26.1. The first-order chi connectivity index (χ1) is 17.7. The maximum atomic E-state index is 13.6. The summed E-state index contributed by atoms with van der Waals surface area (Å²) in [6.07, 6.45) is 0.0254. The van der Waals surface area contributed by atoms with Gasteiger partial charge in [-0.3, -0.25) is 14.4 Å². The average Bonchev–Trinajstić information content (AvgIpc) is 3.10. The second-order valence-electron chi connectivity index (χ2n) is 8.96. The first-order valence-electron chi connectivity index (χ1n) is 12.0. The molecule has 0 saturated heterocycles. The lowest BCUT2D eigenvalue weighted by Gasteiger charge is -2.31. The number of benzene rings is 3. The summed E-state index contributed by atoms with van der Waals surface area (Å²) in [5, 5.41) is 2.65. The van der Waals surface area contributed by atoms with Crippen molar-refractivity contribution in [2.45, 2.75) is 37.2 Å². The second kappa shape index (κ2) is 11.0. The Balaban J connectivity index is 1.61. The molecule has 1 heterocycles. The number of nitrogens with zero attached hydrogens (tertiary/aromatic N) is 2. The van der Waals surface area contributed by atoms with E-state index in [1.165, 1.54) is 24.1 Å². The molecule has 0 saturated carbocycles. The number of rotatable bonds is 9. The molecule has 0 aliphatic carbocycles. The van der Waals surface area contributed by atoms with Crippen molar-refractivity contribution in [2.24, 2.45) is 0 Å². The van der Waals surface area contributed by atoms with Crippen LogP contribution in [0.25, 0.3) is 0 Å². The van der Waals surface area contributed by atoms with Crippen LogP contribution in [0.3, 0.4) is 0 Å². The number of hydrogen-bond donors (Lipinski definition) is 1. The van der Waals surface area contributed by atoms with Crippen molar-refractivity contribution in [2.75, 3.05) is 13.6 Å². The van der Waals surface area contributed by atoms with E-state index in [2.05, 4.69) is 5.32 Å². The molecule has 3 amide bonds. The van der Waals surface area contributed by atoms with Gasteiger partial charge in [0.15, 0.2) is 0 Å². The summed E-state index contributed by atoms with van der Waals surface area (Å²) in [5.41, 5.74) is 2.87. The van der Waals surface area contributed by atoms with Gasteiger partial charge in [0.05, 0.1) is 5.56 Å². The van der Waals surface area contributed by atoms with Crippen molar-refractivity contribution >= 4 is 27.7 Å². The van der Waals surface area contributed by atoms with Crippen LogP contribution >= 0.6 is 0 Å². The number of sulfonamides is 1. The molecule has 0 radical (unpaired) electrons. The van der Waals surface area contributed by atoms with Crippen LogP contribution in [0.2, 0.25) is 0 Å². The van der Waals surface area contributed by atoms with Crippen LogP contribution in [0.5, 0.6) is 0 Å². The Morgan fingerprint density at radius 2 is 1.57 bits per heavy atom. The summed E-state index contributed by atoms with van der Waals surface area (Å²) < 4.78 is 26.6. The van der Waals surface area contributed by atoms with Gasteiger partial charge in [-0.15, -0.1) is 0 Å². The summed E-state index contributed by atoms with van der Waals surface area (Å²) in [7, 11) is -2.52. The molecule has 3 aromatic rings. The predicted octanol–water partition coefficient (Wildman–Crippen LogP) is 2.92. The highest BCUT2D eigenvalue weighted by Crippen LogP contribution is 2.30. The quantitative estimate of drug-likeness (QED) is 0.468. The Hall–Kier alpha value is -3.98. The molecule has 3 aromatic carbocycles. The fourth-order valence-corrected chi connectivity index (χ4v) is 5.97. The van der Waals surface area contributed by atoms with E-state index in [1.54, 1.807) is 12.1 Å². The van der Waals surface area contributed by atoms with Gasteiger partial charge in [0.25, 0.3) is 15.9 Å². The lowest BCUT2D eigenvalue weighted by atomic mass is 10.0. The van der Waals surface area contributed by atoms with E-state index in [9.17, 15) is 22.8 Å². The molecule has 4 rings (SSSR count). The van der Waals surface area contributed by atoms with E-state index in [-0.39, 0.29) is 42.3 Å². The number of aryl methyl sites for hydroxylation is 1. The Kier molecular flexibility index (Phi) is 7.73. The minimum absolute atomic E-state index is 0.0590. The molecular formula is C28H29N3O5S. The normalized spacial score (nSPS) is 14.6. The topological polar surface area (TPSA) is 104 Å². The number of nitrogens with one attached hydrogen (secondary N) is 1. The van der Waals surface area contributed by atoms with E-state index in [0.717, 1.165) is 21.0 Å². The molecule has 0 bridgehead atoms. The highest BCUT2D eigenvalue weighted by molar-refractivity contribution is 7.90. The zero-order chi connectivity index (χ0) is 26.6. The van der Waals surface area contributed by atoms with Crippen LogP contribution in [0.4, 0.5) is 0 Å². The largest absolute Gasteiger partial charge is 0.357 e. The SMILES string of the molecule is CNC(=O)[C@@H](Cc1ccccc1)N(Cc1ccc(C)cc1)C(=O)CCN1C(=O)c2ccccc2S1(=O)=O. The van der Waals surface area contributed by atoms with Crippen LogP contribution in [0.15, 0.2) is 83.8 Å². The summed E-state index contributed by atoms with van der Waals surface area (Å²) in [5.74, 6) is -1.41. The highest BCUT2D eigenvalue weighted by Gasteiger charge is 2.41. The van der Waals surface area contributed by atoms with E-state index >= 15 is 0 Å². The van der Waals surface area contributed by atoms with Crippen LogP contribution in [-0.2, 0) is 32.6 Å². The van der Waals surface area contributed by atoms with Gasteiger partial charge < -0.3 is 10.2 Å². The first-order valence-corrected chi connectivity index (χ1v) is 13.4. The summed E-state index contributed by atoms with van der Waals surface area (Å²) in [4.78, 5) is 40.8. The fourth-order valence-electron chi connectivity index (χ4n) is 4.40. The molecule has 1 N–H and O–H groups in total. The molecule has 192 valence electrons. The van der Waals surface area contributed by atoms with Crippen LogP contribution < -0.4 is 5.32 Å². The molecule has 0 aromatic heterocycles. The molecule has 8 nitrogen and oxygen atoms in total. The third-order valence-corrected chi connectivity index (χ3v) is 8.27. The fraction of sp³-hybridized carbons (Fsp3) is 0.250. The third-order valence-electron chi connectivity index (χ3n) is 6.43. The molecule has 37 heavy (non-hydrogen) atoms. The zero-order valence-electron chi connectivity index (χ0n) is 20.8. The molecule has 0 fully saturated rings. The predicted molar refractivity (Wildman–Crippen MR) is 139 cm³/mol. The molecular weight excluding hydrogens is 490 g/mol. The lowest BCUT2D eigenvalue weighted by Crippen LogP contribution is -2.50. The van der Waals surface area contributed by atoms with Crippen LogP contribution in [-0.4, -0.2) is 55.0 Å². The van der Waals surface area contributed by atoms with Crippen molar-refractivity contribution in [1.82, 2.24) is 14.5 Å².